The summed E-state index contributed by atoms with van der Waals surface area (Å²) in [6.45, 7) is 14.5. The number of rotatable bonds is 6. The van der Waals surface area contributed by atoms with E-state index in [-0.39, 0.29) is 17.4 Å². The van der Waals surface area contributed by atoms with Gasteiger partial charge in [0.25, 0.3) is 11.8 Å². The first-order valence-electron chi connectivity index (χ1n) is 9.79. The van der Waals surface area contributed by atoms with Gasteiger partial charge in [-0.2, -0.15) is 0 Å². The highest BCUT2D eigenvalue weighted by Gasteiger charge is 2.61. The molecule has 5 heteroatoms. The first kappa shape index (κ1) is 19.6. The molecule has 4 aliphatic rings. The average Bonchev–Trinajstić information content (AvgIpc) is 2.75. The summed E-state index contributed by atoms with van der Waals surface area (Å²) in [7, 11) is 0. The van der Waals surface area contributed by atoms with Crippen molar-refractivity contribution in [1.29, 1.82) is 0 Å². The fraction of sp³-hybridized carbons (Fsp3) is 0.810. The number of imide groups is 1. The van der Waals surface area contributed by atoms with Crippen LogP contribution in [0.3, 0.4) is 0 Å². The molecule has 1 aliphatic heterocycles. The third-order valence-electron chi connectivity index (χ3n) is 7.29. The maximum absolute atomic E-state index is 12.2. The van der Waals surface area contributed by atoms with Crippen LogP contribution in [0.2, 0.25) is 0 Å². The topological polar surface area (TPSA) is 55.8 Å². The lowest BCUT2D eigenvalue weighted by atomic mass is 9.44. The predicted molar refractivity (Wildman–Crippen MR) is 99.0 cm³/mol. The van der Waals surface area contributed by atoms with Gasteiger partial charge in [0.05, 0.1) is 5.60 Å². The van der Waals surface area contributed by atoms with Gasteiger partial charge in [0.15, 0.2) is 0 Å². The van der Waals surface area contributed by atoms with Crippen LogP contribution in [-0.4, -0.2) is 34.5 Å². The second kappa shape index (κ2) is 6.16. The summed E-state index contributed by atoms with van der Waals surface area (Å²) in [5.74, 6) is 0.945. The molecule has 0 aromatic carbocycles. The number of hydrogen-bond acceptors (Lipinski definition) is 4. The molecule has 4 rings (SSSR count). The van der Waals surface area contributed by atoms with Crippen molar-refractivity contribution < 1.29 is 19.4 Å². The maximum atomic E-state index is 12.2. The minimum Gasteiger partial charge on any atom is -0.275 e. The van der Waals surface area contributed by atoms with Crippen molar-refractivity contribution in [3.8, 4) is 0 Å². The van der Waals surface area contributed by atoms with Crippen molar-refractivity contribution >= 4 is 11.8 Å². The second-order valence-corrected chi connectivity index (χ2v) is 9.85. The Hall–Kier alpha value is -1.20. The van der Waals surface area contributed by atoms with Crippen LogP contribution < -0.4 is 0 Å². The molecule has 26 heavy (non-hydrogen) atoms. The summed E-state index contributed by atoms with van der Waals surface area (Å²) >= 11 is 0. The Morgan fingerprint density at radius 2 is 1.69 bits per heavy atom. The molecular formula is C21H33NO4. The molecule has 3 atom stereocenters. The normalized spacial score (nSPS) is 33.7. The molecule has 0 aromatic rings. The lowest BCUT2D eigenvalue weighted by Gasteiger charge is -2.63. The molecule has 0 spiro atoms. The van der Waals surface area contributed by atoms with Gasteiger partial charge in [0, 0.05) is 17.7 Å². The van der Waals surface area contributed by atoms with Gasteiger partial charge in [-0.1, -0.05) is 13.8 Å². The Balaban J connectivity index is 1.55. The zero-order chi connectivity index (χ0) is 19.5. The van der Waals surface area contributed by atoms with E-state index >= 15 is 0 Å². The van der Waals surface area contributed by atoms with Gasteiger partial charge < -0.3 is 0 Å². The average molecular weight is 363 g/mol. The van der Waals surface area contributed by atoms with Gasteiger partial charge in [-0.25, -0.2) is 9.78 Å². The van der Waals surface area contributed by atoms with E-state index in [9.17, 15) is 9.59 Å². The minimum atomic E-state index is -0.571. The lowest BCUT2D eigenvalue weighted by molar-refractivity contribution is -0.436. The van der Waals surface area contributed by atoms with Crippen molar-refractivity contribution in [2.45, 2.75) is 85.4 Å². The van der Waals surface area contributed by atoms with Crippen LogP contribution in [0.1, 0.15) is 74.1 Å². The van der Waals surface area contributed by atoms with Gasteiger partial charge in [-0.3, -0.25) is 14.5 Å². The number of hydrogen-bond donors (Lipinski definition) is 0. The van der Waals surface area contributed by atoms with E-state index in [0.29, 0.717) is 35.4 Å². The van der Waals surface area contributed by atoms with Gasteiger partial charge >= 0.3 is 0 Å². The SMILES string of the molecule is CC1=C(C)C(=O)N(CCC(C)(C)OOC2(C)CCC3CC2C3(C)C)C1=O. The van der Waals surface area contributed by atoms with Crippen molar-refractivity contribution in [1.82, 2.24) is 4.90 Å². The standard InChI is InChI=1S/C21H33NO4/c1-13-14(2)18(24)22(17(13)23)11-10-19(3,4)25-26-21(7)9-8-15-12-16(21)20(15,5)6/h15-16H,8-12H2,1-7H3. The van der Waals surface area contributed by atoms with Gasteiger partial charge in [0.2, 0.25) is 0 Å². The lowest BCUT2D eigenvalue weighted by Crippen LogP contribution is -2.61. The highest BCUT2D eigenvalue weighted by molar-refractivity contribution is 6.18. The van der Waals surface area contributed by atoms with E-state index in [1.54, 1.807) is 13.8 Å². The van der Waals surface area contributed by atoms with Gasteiger partial charge in [0.1, 0.15) is 5.60 Å². The summed E-state index contributed by atoms with van der Waals surface area (Å²) in [6, 6.07) is 0. The summed E-state index contributed by atoms with van der Waals surface area (Å²) in [4.78, 5) is 37.6. The zero-order valence-electron chi connectivity index (χ0n) is 17.3. The first-order chi connectivity index (χ1) is 11.9. The molecule has 0 N–H and O–H groups in total. The first-order valence-corrected chi connectivity index (χ1v) is 9.79. The Morgan fingerprint density at radius 1 is 1.12 bits per heavy atom. The van der Waals surface area contributed by atoms with Crippen LogP contribution in [0.5, 0.6) is 0 Å². The van der Waals surface area contributed by atoms with Crippen LogP contribution >= 0.6 is 0 Å². The molecule has 0 saturated heterocycles. The zero-order valence-corrected chi connectivity index (χ0v) is 17.3. The summed E-state index contributed by atoms with van der Waals surface area (Å²) in [6.07, 6.45) is 3.96. The van der Waals surface area contributed by atoms with E-state index in [1.807, 2.05) is 13.8 Å². The molecule has 3 saturated carbocycles. The van der Waals surface area contributed by atoms with E-state index in [0.717, 1.165) is 12.3 Å². The molecule has 2 amide bonds. The van der Waals surface area contributed by atoms with Crippen LogP contribution in [0.25, 0.3) is 0 Å². The van der Waals surface area contributed by atoms with Crippen LogP contribution in [0, 0.1) is 17.3 Å². The van der Waals surface area contributed by atoms with E-state index < -0.39 is 5.60 Å². The van der Waals surface area contributed by atoms with Crippen molar-refractivity contribution in [3.05, 3.63) is 11.1 Å². The minimum absolute atomic E-state index is 0.189. The molecule has 2 bridgehead atoms. The molecule has 1 heterocycles. The van der Waals surface area contributed by atoms with E-state index in [1.165, 1.54) is 17.7 Å². The van der Waals surface area contributed by atoms with Crippen LogP contribution in [0.15, 0.2) is 11.1 Å². The molecule has 3 aliphatic carbocycles. The molecular weight excluding hydrogens is 330 g/mol. The quantitative estimate of drug-likeness (QED) is 0.406. The fourth-order valence-corrected chi connectivity index (χ4v) is 4.93. The molecule has 3 fully saturated rings. The Morgan fingerprint density at radius 3 is 2.19 bits per heavy atom. The summed E-state index contributed by atoms with van der Waals surface area (Å²) in [5.41, 5.74) is 0.570. The number of fused-ring (bicyclic) bond motifs is 2. The highest BCUT2D eigenvalue weighted by atomic mass is 17.2. The summed E-state index contributed by atoms with van der Waals surface area (Å²) < 4.78 is 0. The number of carbonyl (C=O) groups is 2. The fourth-order valence-electron chi connectivity index (χ4n) is 4.93. The smallest absolute Gasteiger partial charge is 0.256 e. The van der Waals surface area contributed by atoms with Gasteiger partial charge in [-0.05, 0) is 77.6 Å². The molecule has 0 radical (unpaired) electrons. The molecule has 146 valence electrons. The molecule has 3 unspecified atom stereocenters. The number of nitrogens with zero attached hydrogens (tertiary/aromatic N) is 1. The van der Waals surface area contributed by atoms with Crippen molar-refractivity contribution in [2.24, 2.45) is 17.3 Å². The van der Waals surface area contributed by atoms with Crippen LogP contribution in [0.4, 0.5) is 0 Å². The monoisotopic (exact) mass is 363 g/mol. The van der Waals surface area contributed by atoms with Crippen molar-refractivity contribution in [2.75, 3.05) is 6.54 Å². The second-order valence-electron chi connectivity index (χ2n) is 9.85. The highest BCUT2D eigenvalue weighted by Crippen LogP contribution is 2.63. The third-order valence-corrected chi connectivity index (χ3v) is 7.29. The Labute approximate surface area is 157 Å². The van der Waals surface area contributed by atoms with Crippen LogP contribution in [-0.2, 0) is 19.4 Å². The Bertz CT molecular complexity index is 637. The Kier molecular flexibility index (Phi) is 4.64. The molecule has 0 aromatic heterocycles. The van der Waals surface area contributed by atoms with Gasteiger partial charge in [-0.15, -0.1) is 0 Å². The number of carbonyl (C=O) groups excluding carboxylic acids is 2. The number of amides is 2. The van der Waals surface area contributed by atoms with E-state index in [4.69, 9.17) is 9.78 Å². The molecule has 5 nitrogen and oxygen atoms in total. The summed E-state index contributed by atoms with van der Waals surface area (Å²) in [5, 5.41) is 0. The predicted octanol–water partition coefficient (Wildman–Crippen LogP) is 4.02. The van der Waals surface area contributed by atoms with E-state index in [2.05, 4.69) is 20.8 Å². The third kappa shape index (κ3) is 3.03. The maximum Gasteiger partial charge on any atom is 0.256 e. The van der Waals surface area contributed by atoms with Crippen molar-refractivity contribution in [3.63, 3.8) is 0 Å². The largest absolute Gasteiger partial charge is 0.275 e.